The predicted molar refractivity (Wildman–Crippen MR) is 108 cm³/mol. The normalized spacial score (nSPS) is 24.5. The van der Waals surface area contributed by atoms with Crippen LogP contribution in [0.3, 0.4) is 0 Å². The number of ether oxygens (including phenoxy) is 2. The van der Waals surface area contributed by atoms with Crippen molar-refractivity contribution in [2.75, 3.05) is 6.61 Å². The molecule has 0 bridgehead atoms. The van der Waals surface area contributed by atoms with E-state index in [-0.39, 0.29) is 6.61 Å². The summed E-state index contributed by atoms with van der Waals surface area (Å²) in [6.45, 7) is -0.0199. The molecule has 3 aromatic carbocycles. The molecule has 1 aliphatic rings. The first-order valence-electron chi connectivity index (χ1n) is 9.63. The van der Waals surface area contributed by atoms with E-state index in [1.54, 1.807) is 0 Å². The fraction of sp³-hybridized carbons (Fsp3) is 0.250. The molecule has 0 amide bonds. The summed E-state index contributed by atoms with van der Waals surface area (Å²) >= 11 is 0. The maximum atomic E-state index is 10.2. The Morgan fingerprint density at radius 2 is 1.07 bits per heavy atom. The molecule has 5 heteroatoms. The van der Waals surface area contributed by atoms with Crippen molar-refractivity contribution in [2.24, 2.45) is 0 Å². The second-order valence-electron chi connectivity index (χ2n) is 7.14. The average molecular weight is 392 g/mol. The standard InChI is InChI=1S/C24H24O5/c25-21-20(29-23(27)22(21)26)16-28-24(17-10-4-1-5-11-17,18-12-6-2-7-13-18)19-14-8-3-9-15-19/h1-15,20-23,25-27H,16H2/t20-,21-,22-,23-/m1/s1. The molecular weight excluding hydrogens is 368 g/mol. The van der Waals surface area contributed by atoms with Gasteiger partial charge in [-0.15, -0.1) is 0 Å². The Hall–Kier alpha value is -2.54. The molecule has 1 aliphatic heterocycles. The zero-order valence-corrected chi connectivity index (χ0v) is 15.8. The Kier molecular flexibility index (Phi) is 5.76. The highest BCUT2D eigenvalue weighted by molar-refractivity contribution is 5.47. The van der Waals surface area contributed by atoms with Crippen molar-refractivity contribution in [3.05, 3.63) is 108 Å². The lowest BCUT2D eigenvalue weighted by Gasteiger charge is -2.37. The highest BCUT2D eigenvalue weighted by atomic mass is 16.7. The molecule has 0 saturated carbocycles. The first-order valence-corrected chi connectivity index (χ1v) is 9.63. The number of aliphatic hydroxyl groups is 3. The second kappa shape index (κ2) is 8.45. The van der Waals surface area contributed by atoms with E-state index in [1.807, 2.05) is 91.0 Å². The Balaban J connectivity index is 1.80. The van der Waals surface area contributed by atoms with E-state index < -0.39 is 30.2 Å². The van der Waals surface area contributed by atoms with E-state index in [2.05, 4.69) is 0 Å². The van der Waals surface area contributed by atoms with Gasteiger partial charge in [0, 0.05) is 0 Å². The third-order valence-electron chi connectivity index (χ3n) is 5.34. The summed E-state index contributed by atoms with van der Waals surface area (Å²) in [7, 11) is 0. The molecule has 0 aliphatic carbocycles. The van der Waals surface area contributed by atoms with Crippen molar-refractivity contribution < 1.29 is 24.8 Å². The zero-order valence-electron chi connectivity index (χ0n) is 15.8. The fourth-order valence-corrected chi connectivity index (χ4v) is 3.84. The van der Waals surface area contributed by atoms with Gasteiger partial charge in [0.05, 0.1) is 6.61 Å². The number of hydrogen-bond donors (Lipinski definition) is 3. The van der Waals surface area contributed by atoms with E-state index in [9.17, 15) is 15.3 Å². The molecule has 4 rings (SSSR count). The Morgan fingerprint density at radius 1 is 0.655 bits per heavy atom. The first kappa shape index (κ1) is 19.8. The van der Waals surface area contributed by atoms with Gasteiger partial charge in [-0.3, -0.25) is 0 Å². The van der Waals surface area contributed by atoms with Gasteiger partial charge in [0.2, 0.25) is 0 Å². The van der Waals surface area contributed by atoms with E-state index >= 15 is 0 Å². The van der Waals surface area contributed by atoms with Gasteiger partial charge in [-0.05, 0) is 16.7 Å². The lowest BCUT2D eigenvalue weighted by Crippen LogP contribution is -2.39. The Labute approximate surface area is 169 Å². The summed E-state index contributed by atoms with van der Waals surface area (Å²) in [5, 5.41) is 29.8. The molecule has 3 aromatic rings. The Bertz CT molecular complexity index is 804. The summed E-state index contributed by atoms with van der Waals surface area (Å²) in [4.78, 5) is 0. The largest absolute Gasteiger partial charge is 0.387 e. The van der Waals surface area contributed by atoms with Crippen molar-refractivity contribution in [3.8, 4) is 0 Å². The smallest absolute Gasteiger partial charge is 0.184 e. The van der Waals surface area contributed by atoms with Crippen LogP contribution in [0.5, 0.6) is 0 Å². The van der Waals surface area contributed by atoms with Crippen LogP contribution in [-0.2, 0) is 15.1 Å². The van der Waals surface area contributed by atoms with Crippen LogP contribution in [0, 0.1) is 0 Å². The third-order valence-corrected chi connectivity index (χ3v) is 5.34. The third kappa shape index (κ3) is 3.71. The van der Waals surface area contributed by atoms with Crippen LogP contribution in [0.25, 0.3) is 0 Å². The number of rotatable bonds is 6. The van der Waals surface area contributed by atoms with Crippen LogP contribution < -0.4 is 0 Å². The molecule has 0 unspecified atom stereocenters. The van der Waals surface area contributed by atoms with Crippen LogP contribution >= 0.6 is 0 Å². The van der Waals surface area contributed by atoms with Gasteiger partial charge in [0.1, 0.15) is 23.9 Å². The van der Waals surface area contributed by atoms with Crippen molar-refractivity contribution in [1.29, 1.82) is 0 Å². The summed E-state index contributed by atoms with van der Waals surface area (Å²) in [6.07, 6.45) is -4.87. The average Bonchev–Trinajstić information content (AvgIpc) is 3.03. The molecule has 0 aromatic heterocycles. The minimum atomic E-state index is -1.43. The molecule has 1 heterocycles. The van der Waals surface area contributed by atoms with Gasteiger partial charge in [-0.1, -0.05) is 91.0 Å². The summed E-state index contributed by atoms with van der Waals surface area (Å²) in [5.74, 6) is 0. The van der Waals surface area contributed by atoms with Crippen LogP contribution in [0.4, 0.5) is 0 Å². The Morgan fingerprint density at radius 3 is 1.41 bits per heavy atom. The first-order chi connectivity index (χ1) is 14.1. The minimum Gasteiger partial charge on any atom is -0.387 e. The van der Waals surface area contributed by atoms with Crippen molar-refractivity contribution in [2.45, 2.75) is 30.2 Å². The van der Waals surface area contributed by atoms with E-state index in [4.69, 9.17) is 9.47 Å². The maximum absolute atomic E-state index is 10.2. The highest BCUT2D eigenvalue weighted by Gasteiger charge is 2.44. The molecule has 0 radical (unpaired) electrons. The van der Waals surface area contributed by atoms with Crippen molar-refractivity contribution in [3.63, 3.8) is 0 Å². The lowest BCUT2D eigenvalue weighted by molar-refractivity contribution is -0.145. The second-order valence-corrected chi connectivity index (χ2v) is 7.14. The molecule has 150 valence electrons. The minimum absolute atomic E-state index is 0.0199. The van der Waals surface area contributed by atoms with Gasteiger partial charge in [0.15, 0.2) is 6.29 Å². The van der Waals surface area contributed by atoms with Crippen molar-refractivity contribution >= 4 is 0 Å². The molecule has 29 heavy (non-hydrogen) atoms. The highest BCUT2D eigenvalue weighted by Crippen LogP contribution is 2.41. The van der Waals surface area contributed by atoms with Gasteiger partial charge < -0.3 is 24.8 Å². The van der Waals surface area contributed by atoms with Gasteiger partial charge in [-0.25, -0.2) is 0 Å². The SMILES string of the molecule is O[C@@H]1[C@H](O)[C@@H](COC(c2ccccc2)(c2ccccc2)c2ccccc2)O[C@H]1O. The van der Waals surface area contributed by atoms with Crippen LogP contribution in [0.1, 0.15) is 16.7 Å². The molecule has 0 spiro atoms. The van der Waals surface area contributed by atoms with Crippen LogP contribution in [0.15, 0.2) is 91.0 Å². The quantitative estimate of drug-likeness (QED) is 0.562. The predicted octanol–water partition coefficient (Wildman–Crippen LogP) is 2.43. The molecule has 3 N–H and O–H groups in total. The van der Waals surface area contributed by atoms with Gasteiger partial charge >= 0.3 is 0 Å². The molecule has 1 saturated heterocycles. The van der Waals surface area contributed by atoms with Gasteiger partial charge in [0.25, 0.3) is 0 Å². The maximum Gasteiger partial charge on any atom is 0.184 e. The van der Waals surface area contributed by atoms with E-state index in [1.165, 1.54) is 0 Å². The van der Waals surface area contributed by atoms with Gasteiger partial charge in [-0.2, -0.15) is 0 Å². The topological polar surface area (TPSA) is 79.2 Å². The molecule has 5 nitrogen and oxygen atoms in total. The monoisotopic (exact) mass is 392 g/mol. The summed E-state index contributed by atoms with van der Waals surface area (Å²) in [5.41, 5.74) is 1.81. The fourth-order valence-electron chi connectivity index (χ4n) is 3.84. The zero-order chi connectivity index (χ0) is 20.3. The molecule has 4 atom stereocenters. The van der Waals surface area contributed by atoms with E-state index in [0.717, 1.165) is 16.7 Å². The number of hydrogen-bond acceptors (Lipinski definition) is 5. The van der Waals surface area contributed by atoms with E-state index in [0.29, 0.717) is 0 Å². The van der Waals surface area contributed by atoms with Crippen LogP contribution in [0.2, 0.25) is 0 Å². The molecule has 1 fully saturated rings. The van der Waals surface area contributed by atoms with Crippen molar-refractivity contribution in [1.82, 2.24) is 0 Å². The molecular formula is C24H24O5. The number of aliphatic hydroxyl groups excluding tert-OH is 3. The van der Waals surface area contributed by atoms with Crippen LogP contribution in [-0.4, -0.2) is 46.5 Å². The summed E-state index contributed by atoms with van der Waals surface area (Å²) < 4.78 is 11.9. The summed E-state index contributed by atoms with van der Waals surface area (Å²) in [6, 6.07) is 29.5. The lowest BCUT2D eigenvalue weighted by atomic mass is 9.80. The number of benzene rings is 3.